The van der Waals surface area contributed by atoms with Gasteiger partial charge in [0.2, 0.25) is 0 Å². The van der Waals surface area contributed by atoms with Crippen LogP contribution in [0.5, 0.6) is 0 Å². The lowest BCUT2D eigenvalue weighted by molar-refractivity contribution is 0.0604. The highest BCUT2D eigenvalue weighted by molar-refractivity contribution is 6.31. The zero-order valence-electron chi connectivity index (χ0n) is 12.4. The van der Waals surface area contributed by atoms with Gasteiger partial charge in [-0.05, 0) is 38.8 Å². The molecule has 1 aliphatic rings. The molecule has 1 saturated heterocycles. The first-order valence-corrected chi connectivity index (χ1v) is 7.86. The van der Waals surface area contributed by atoms with Gasteiger partial charge in [0.1, 0.15) is 5.69 Å². The SMILES string of the molecule is CCCn1cc(Cl)cc1C(=O)N1CCCCC1CNC. The van der Waals surface area contributed by atoms with Crippen LogP contribution < -0.4 is 5.32 Å². The van der Waals surface area contributed by atoms with Gasteiger partial charge in [-0.15, -0.1) is 0 Å². The molecule has 5 heteroatoms. The predicted octanol–water partition coefficient (Wildman–Crippen LogP) is 2.77. The van der Waals surface area contributed by atoms with Crippen LogP contribution in [0.2, 0.25) is 5.02 Å². The lowest BCUT2D eigenvalue weighted by atomic mass is 10.0. The molecule has 2 rings (SSSR count). The van der Waals surface area contributed by atoms with E-state index in [9.17, 15) is 4.79 Å². The third-order valence-electron chi connectivity index (χ3n) is 3.87. The third-order valence-corrected chi connectivity index (χ3v) is 4.08. The van der Waals surface area contributed by atoms with Crippen LogP contribution in [0, 0.1) is 0 Å². The van der Waals surface area contributed by atoms with Crippen molar-refractivity contribution in [1.29, 1.82) is 0 Å². The fourth-order valence-corrected chi connectivity index (χ4v) is 3.16. The van der Waals surface area contributed by atoms with Crippen molar-refractivity contribution in [3.63, 3.8) is 0 Å². The van der Waals surface area contributed by atoms with Gasteiger partial charge in [-0.25, -0.2) is 0 Å². The largest absolute Gasteiger partial charge is 0.342 e. The number of piperidine rings is 1. The second-order valence-corrected chi connectivity index (χ2v) is 5.88. The first-order chi connectivity index (χ1) is 9.67. The van der Waals surface area contributed by atoms with Crippen LogP contribution in [0.4, 0.5) is 0 Å². The second kappa shape index (κ2) is 7.14. The van der Waals surface area contributed by atoms with Crippen molar-refractivity contribution in [2.45, 2.75) is 45.2 Å². The van der Waals surface area contributed by atoms with Gasteiger partial charge in [0.25, 0.3) is 5.91 Å². The Bertz CT molecular complexity index is 456. The predicted molar refractivity (Wildman–Crippen MR) is 82.3 cm³/mol. The van der Waals surface area contributed by atoms with Crippen LogP contribution in [-0.2, 0) is 6.54 Å². The molecule has 1 atom stereocenters. The van der Waals surface area contributed by atoms with Gasteiger partial charge in [-0.2, -0.15) is 0 Å². The highest BCUT2D eigenvalue weighted by Gasteiger charge is 2.28. The molecule has 112 valence electrons. The Kier molecular flexibility index (Phi) is 5.49. The lowest BCUT2D eigenvalue weighted by Gasteiger charge is -2.35. The van der Waals surface area contributed by atoms with E-state index in [0.717, 1.165) is 44.6 Å². The van der Waals surface area contributed by atoms with E-state index in [2.05, 4.69) is 12.2 Å². The van der Waals surface area contributed by atoms with Crippen molar-refractivity contribution in [3.05, 3.63) is 23.0 Å². The molecule has 1 aromatic rings. The number of halogens is 1. The van der Waals surface area contributed by atoms with E-state index in [4.69, 9.17) is 11.6 Å². The highest BCUT2D eigenvalue weighted by Crippen LogP contribution is 2.22. The van der Waals surface area contributed by atoms with E-state index in [1.807, 2.05) is 22.7 Å². The Morgan fingerprint density at radius 1 is 1.50 bits per heavy atom. The number of nitrogens with zero attached hydrogens (tertiary/aromatic N) is 2. The highest BCUT2D eigenvalue weighted by atomic mass is 35.5. The van der Waals surface area contributed by atoms with Crippen molar-refractivity contribution in [2.24, 2.45) is 0 Å². The molecule has 1 aliphatic heterocycles. The molecule has 2 heterocycles. The van der Waals surface area contributed by atoms with Gasteiger partial charge in [0.15, 0.2) is 0 Å². The standard InChI is InChI=1S/C15H24ClN3O/c1-3-7-18-11-12(16)9-14(18)15(20)19-8-5-4-6-13(19)10-17-2/h9,11,13,17H,3-8,10H2,1-2H3. The van der Waals surface area contributed by atoms with Gasteiger partial charge in [-0.3, -0.25) is 4.79 Å². The summed E-state index contributed by atoms with van der Waals surface area (Å²) >= 11 is 6.08. The molecule has 0 radical (unpaired) electrons. The molecule has 1 aromatic heterocycles. The minimum Gasteiger partial charge on any atom is -0.342 e. The molecule has 0 spiro atoms. The topological polar surface area (TPSA) is 37.3 Å². The molecule has 0 saturated carbocycles. The summed E-state index contributed by atoms with van der Waals surface area (Å²) in [4.78, 5) is 14.8. The van der Waals surface area contributed by atoms with Crippen molar-refractivity contribution >= 4 is 17.5 Å². The molecule has 0 aromatic carbocycles. The van der Waals surface area contributed by atoms with Crippen LogP contribution in [0.15, 0.2) is 12.3 Å². The zero-order chi connectivity index (χ0) is 14.5. The molecule has 0 bridgehead atoms. The summed E-state index contributed by atoms with van der Waals surface area (Å²) in [6, 6.07) is 2.09. The Labute approximate surface area is 126 Å². The van der Waals surface area contributed by atoms with Gasteiger partial charge < -0.3 is 14.8 Å². The van der Waals surface area contributed by atoms with Crippen molar-refractivity contribution in [1.82, 2.24) is 14.8 Å². The number of likely N-dealkylation sites (N-methyl/N-ethyl adjacent to an activating group) is 1. The van der Waals surface area contributed by atoms with Gasteiger partial charge >= 0.3 is 0 Å². The van der Waals surface area contributed by atoms with Crippen LogP contribution in [0.25, 0.3) is 0 Å². The van der Waals surface area contributed by atoms with Crippen LogP contribution in [-0.4, -0.2) is 41.6 Å². The summed E-state index contributed by atoms with van der Waals surface area (Å²) in [6.07, 6.45) is 6.22. The summed E-state index contributed by atoms with van der Waals surface area (Å²) < 4.78 is 1.98. The van der Waals surface area contributed by atoms with Gasteiger partial charge in [0.05, 0.1) is 5.02 Å². The van der Waals surface area contributed by atoms with Crippen molar-refractivity contribution < 1.29 is 4.79 Å². The number of carbonyl (C=O) groups is 1. The third kappa shape index (κ3) is 3.36. The zero-order valence-corrected chi connectivity index (χ0v) is 13.1. The Morgan fingerprint density at radius 2 is 2.30 bits per heavy atom. The molecular formula is C15H24ClN3O. The molecule has 1 unspecified atom stereocenters. The van der Waals surface area contributed by atoms with Crippen molar-refractivity contribution in [2.75, 3.05) is 20.1 Å². The molecule has 1 N–H and O–H groups in total. The smallest absolute Gasteiger partial charge is 0.270 e. The van der Waals surface area contributed by atoms with Crippen LogP contribution in [0.3, 0.4) is 0 Å². The number of carbonyl (C=O) groups excluding carboxylic acids is 1. The van der Waals surface area contributed by atoms with E-state index < -0.39 is 0 Å². The van der Waals surface area contributed by atoms with E-state index in [1.54, 1.807) is 6.07 Å². The average molecular weight is 298 g/mol. The Hall–Kier alpha value is -1.00. The maximum Gasteiger partial charge on any atom is 0.270 e. The maximum atomic E-state index is 12.8. The number of amides is 1. The minimum absolute atomic E-state index is 0.116. The quantitative estimate of drug-likeness (QED) is 0.907. The number of aryl methyl sites for hydroxylation is 1. The first-order valence-electron chi connectivity index (χ1n) is 7.48. The molecule has 4 nitrogen and oxygen atoms in total. The number of nitrogens with one attached hydrogen (secondary N) is 1. The number of aromatic nitrogens is 1. The van der Waals surface area contributed by atoms with E-state index >= 15 is 0 Å². The summed E-state index contributed by atoms with van der Waals surface area (Å²) in [6.45, 7) is 4.64. The fraction of sp³-hybridized carbons (Fsp3) is 0.667. The average Bonchev–Trinajstić information content (AvgIpc) is 2.80. The normalized spacial score (nSPS) is 19.4. The summed E-state index contributed by atoms with van der Waals surface area (Å²) in [5.41, 5.74) is 0.722. The number of hydrogen-bond acceptors (Lipinski definition) is 2. The Morgan fingerprint density at radius 3 is 3.00 bits per heavy atom. The fourth-order valence-electron chi connectivity index (χ4n) is 2.94. The summed E-state index contributed by atoms with van der Waals surface area (Å²) in [7, 11) is 1.94. The molecule has 0 aliphatic carbocycles. The maximum absolute atomic E-state index is 12.8. The number of likely N-dealkylation sites (tertiary alicyclic amines) is 1. The summed E-state index contributed by atoms with van der Waals surface area (Å²) in [5.74, 6) is 0.116. The van der Waals surface area contributed by atoms with Gasteiger partial charge in [0, 0.05) is 31.9 Å². The first kappa shape index (κ1) is 15.4. The van der Waals surface area contributed by atoms with E-state index in [-0.39, 0.29) is 5.91 Å². The minimum atomic E-state index is 0.116. The molecule has 1 amide bonds. The Balaban J connectivity index is 2.20. The monoisotopic (exact) mass is 297 g/mol. The number of hydrogen-bond donors (Lipinski definition) is 1. The lowest BCUT2D eigenvalue weighted by Crippen LogP contribution is -2.48. The van der Waals surface area contributed by atoms with E-state index in [0.29, 0.717) is 11.1 Å². The molecule has 20 heavy (non-hydrogen) atoms. The van der Waals surface area contributed by atoms with Gasteiger partial charge in [-0.1, -0.05) is 18.5 Å². The van der Waals surface area contributed by atoms with Crippen LogP contribution >= 0.6 is 11.6 Å². The second-order valence-electron chi connectivity index (χ2n) is 5.44. The molecular weight excluding hydrogens is 274 g/mol. The van der Waals surface area contributed by atoms with Crippen LogP contribution in [0.1, 0.15) is 43.1 Å². The van der Waals surface area contributed by atoms with E-state index in [1.165, 1.54) is 6.42 Å². The summed E-state index contributed by atoms with van der Waals surface area (Å²) in [5, 5.41) is 3.83. The molecule has 1 fully saturated rings. The van der Waals surface area contributed by atoms with Crippen molar-refractivity contribution in [3.8, 4) is 0 Å². The number of rotatable bonds is 5.